The summed E-state index contributed by atoms with van der Waals surface area (Å²) in [6.07, 6.45) is 0.656. The highest BCUT2D eigenvalue weighted by molar-refractivity contribution is 5.86. The zero-order valence-corrected chi connectivity index (χ0v) is 10.9. The lowest BCUT2D eigenvalue weighted by atomic mass is 10.0. The number of benzene rings is 1. The molecule has 1 aromatic carbocycles. The molecule has 2 aromatic rings. The smallest absolute Gasteiger partial charge is 0.227 e. The second kappa shape index (κ2) is 5.11. The van der Waals surface area contributed by atoms with E-state index in [2.05, 4.69) is 16.5 Å². The molecule has 0 spiro atoms. The van der Waals surface area contributed by atoms with Crippen molar-refractivity contribution in [3.63, 3.8) is 0 Å². The second-order valence-electron chi connectivity index (χ2n) is 4.65. The van der Waals surface area contributed by atoms with Gasteiger partial charge >= 0.3 is 0 Å². The Morgan fingerprint density at radius 2 is 2.26 bits per heavy atom. The maximum Gasteiger partial charge on any atom is 0.227 e. The van der Waals surface area contributed by atoms with Crippen molar-refractivity contribution in [1.82, 2.24) is 10.5 Å². The SMILES string of the molecule is CCC(C)(C#N)NC(=O)Cc1noc2ccccc12. The van der Waals surface area contributed by atoms with E-state index >= 15 is 0 Å². The fourth-order valence-electron chi connectivity index (χ4n) is 1.76. The Labute approximate surface area is 111 Å². The van der Waals surface area contributed by atoms with Crippen LogP contribution in [0.2, 0.25) is 0 Å². The molecule has 19 heavy (non-hydrogen) atoms. The van der Waals surface area contributed by atoms with E-state index in [-0.39, 0.29) is 12.3 Å². The molecule has 0 radical (unpaired) electrons. The largest absolute Gasteiger partial charge is 0.356 e. The Hall–Kier alpha value is -2.35. The van der Waals surface area contributed by atoms with E-state index in [1.165, 1.54) is 0 Å². The van der Waals surface area contributed by atoms with Crippen molar-refractivity contribution in [3.8, 4) is 6.07 Å². The summed E-state index contributed by atoms with van der Waals surface area (Å²) < 4.78 is 5.14. The minimum Gasteiger partial charge on any atom is -0.356 e. The van der Waals surface area contributed by atoms with Gasteiger partial charge in [-0.1, -0.05) is 24.2 Å². The number of carbonyl (C=O) groups is 1. The van der Waals surface area contributed by atoms with Gasteiger partial charge in [0.1, 0.15) is 11.2 Å². The molecule has 1 atom stereocenters. The Balaban J connectivity index is 2.14. The van der Waals surface area contributed by atoms with Crippen LogP contribution in [-0.4, -0.2) is 16.6 Å². The van der Waals surface area contributed by atoms with Crippen LogP contribution in [0.5, 0.6) is 0 Å². The van der Waals surface area contributed by atoms with Gasteiger partial charge in [0.05, 0.1) is 12.5 Å². The van der Waals surface area contributed by atoms with E-state index in [1.807, 2.05) is 25.1 Å². The van der Waals surface area contributed by atoms with Gasteiger partial charge in [-0.3, -0.25) is 4.79 Å². The molecule has 0 aliphatic carbocycles. The number of nitrogens with one attached hydrogen (secondary N) is 1. The van der Waals surface area contributed by atoms with Crippen molar-refractivity contribution in [2.45, 2.75) is 32.2 Å². The van der Waals surface area contributed by atoms with E-state index in [0.717, 1.165) is 5.39 Å². The number of amides is 1. The fraction of sp³-hybridized carbons (Fsp3) is 0.357. The molecule has 0 fully saturated rings. The molecular formula is C14H15N3O2. The first-order valence-electron chi connectivity index (χ1n) is 6.13. The third-order valence-electron chi connectivity index (χ3n) is 3.15. The van der Waals surface area contributed by atoms with E-state index in [9.17, 15) is 4.79 Å². The minimum atomic E-state index is -0.837. The number of hydrogen-bond donors (Lipinski definition) is 1. The topological polar surface area (TPSA) is 78.9 Å². The standard InChI is InChI=1S/C14H15N3O2/c1-3-14(2,9-15)16-13(18)8-11-10-6-4-5-7-12(10)19-17-11/h4-7H,3,8H2,1-2H3,(H,16,18). The van der Waals surface area contributed by atoms with Crippen LogP contribution >= 0.6 is 0 Å². The number of carbonyl (C=O) groups excluding carboxylic acids is 1. The van der Waals surface area contributed by atoms with Crippen LogP contribution in [0.15, 0.2) is 28.8 Å². The Morgan fingerprint density at radius 1 is 1.53 bits per heavy atom. The quantitative estimate of drug-likeness (QED) is 0.910. The average molecular weight is 257 g/mol. The van der Waals surface area contributed by atoms with Crippen LogP contribution in [-0.2, 0) is 11.2 Å². The molecule has 1 N–H and O–H groups in total. The van der Waals surface area contributed by atoms with Crippen molar-refractivity contribution in [2.75, 3.05) is 0 Å². The summed E-state index contributed by atoms with van der Waals surface area (Å²) in [6.45, 7) is 3.56. The monoisotopic (exact) mass is 257 g/mol. The van der Waals surface area contributed by atoms with Crippen molar-refractivity contribution in [3.05, 3.63) is 30.0 Å². The second-order valence-corrected chi connectivity index (χ2v) is 4.65. The number of rotatable bonds is 4. The Morgan fingerprint density at radius 3 is 2.95 bits per heavy atom. The molecule has 98 valence electrons. The van der Waals surface area contributed by atoms with Crippen LogP contribution < -0.4 is 5.32 Å². The molecule has 1 unspecified atom stereocenters. The third kappa shape index (κ3) is 2.74. The predicted octanol–water partition coefficient (Wildman–Crippen LogP) is 2.18. The highest BCUT2D eigenvalue weighted by Crippen LogP contribution is 2.18. The molecule has 1 aromatic heterocycles. The van der Waals surface area contributed by atoms with Gasteiger partial charge in [0.15, 0.2) is 5.58 Å². The number of aromatic nitrogens is 1. The van der Waals surface area contributed by atoms with Crippen molar-refractivity contribution >= 4 is 16.9 Å². The van der Waals surface area contributed by atoms with Crippen LogP contribution in [0.3, 0.4) is 0 Å². The Bertz CT molecular complexity index is 641. The van der Waals surface area contributed by atoms with Gasteiger partial charge in [0.2, 0.25) is 5.91 Å². The van der Waals surface area contributed by atoms with Gasteiger partial charge < -0.3 is 9.84 Å². The number of nitriles is 1. The van der Waals surface area contributed by atoms with Gasteiger partial charge in [0.25, 0.3) is 0 Å². The summed E-state index contributed by atoms with van der Waals surface area (Å²) in [5.74, 6) is -0.232. The first kappa shape index (κ1) is 13.1. The highest BCUT2D eigenvalue weighted by atomic mass is 16.5. The van der Waals surface area contributed by atoms with Gasteiger partial charge in [0, 0.05) is 5.39 Å². The number of hydrogen-bond acceptors (Lipinski definition) is 4. The molecule has 0 aliphatic rings. The van der Waals surface area contributed by atoms with E-state index in [0.29, 0.717) is 17.7 Å². The first-order valence-corrected chi connectivity index (χ1v) is 6.13. The van der Waals surface area contributed by atoms with Crippen molar-refractivity contribution in [2.24, 2.45) is 0 Å². The highest BCUT2D eigenvalue weighted by Gasteiger charge is 2.24. The van der Waals surface area contributed by atoms with Gasteiger partial charge in [-0.25, -0.2) is 0 Å². The zero-order chi connectivity index (χ0) is 13.9. The Kier molecular flexibility index (Phi) is 3.52. The molecule has 2 rings (SSSR count). The van der Waals surface area contributed by atoms with Crippen LogP contribution in [0, 0.1) is 11.3 Å². The van der Waals surface area contributed by atoms with Gasteiger partial charge in [-0.2, -0.15) is 5.26 Å². The van der Waals surface area contributed by atoms with Crippen LogP contribution in [0.4, 0.5) is 0 Å². The molecule has 5 nitrogen and oxygen atoms in total. The number of para-hydroxylation sites is 1. The molecule has 0 saturated carbocycles. The summed E-state index contributed by atoms with van der Waals surface area (Å²) in [5.41, 5.74) is 0.407. The maximum absolute atomic E-state index is 11.9. The zero-order valence-electron chi connectivity index (χ0n) is 10.9. The van der Waals surface area contributed by atoms with Crippen LogP contribution in [0.25, 0.3) is 11.0 Å². The van der Waals surface area contributed by atoms with E-state index in [4.69, 9.17) is 9.78 Å². The first-order chi connectivity index (χ1) is 9.08. The normalized spacial score (nSPS) is 13.7. The summed E-state index contributed by atoms with van der Waals surface area (Å²) in [6, 6.07) is 9.48. The molecular weight excluding hydrogens is 242 g/mol. The summed E-state index contributed by atoms with van der Waals surface area (Å²) >= 11 is 0. The molecule has 0 saturated heterocycles. The maximum atomic E-state index is 11.9. The lowest BCUT2D eigenvalue weighted by Gasteiger charge is -2.20. The molecule has 1 heterocycles. The van der Waals surface area contributed by atoms with E-state index in [1.54, 1.807) is 13.0 Å². The molecule has 0 bridgehead atoms. The van der Waals surface area contributed by atoms with Crippen molar-refractivity contribution < 1.29 is 9.32 Å². The van der Waals surface area contributed by atoms with Gasteiger partial charge in [-0.05, 0) is 25.5 Å². The lowest BCUT2D eigenvalue weighted by Crippen LogP contribution is -2.45. The summed E-state index contributed by atoms with van der Waals surface area (Å²) in [5, 5.41) is 16.5. The summed E-state index contributed by atoms with van der Waals surface area (Å²) in [7, 11) is 0. The van der Waals surface area contributed by atoms with Gasteiger partial charge in [-0.15, -0.1) is 0 Å². The minimum absolute atomic E-state index is 0.105. The lowest BCUT2D eigenvalue weighted by molar-refractivity contribution is -0.121. The van der Waals surface area contributed by atoms with Crippen LogP contribution in [0.1, 0.15) is 26.0 Å². The number of fused-ring (bicyclic) bond motifs is 1. The summed E-state index contributed by atoms with van der Waals surface area (Å²) in [4.78, 5) is 11.9. The molecule has 5 heteroatoms. The van der Waals surface area contributed by atoms with E-state index < -0.39 is 5.54 Å². The average Bonchev–Trinajstić information content (AvgIpc) is 2.82. The van der Waals surface area contributed by atoms with Crippen molar-refractivity contribution in [1.29, 1.82) is 5.26 Å². The molecule has 0 aliphatic heterocycles. The number of nitrogens with zero attached hydrogens (tertiary/aromatic N) is 2. The third-order valence-corrected chi connectivity index (χ3v) is 3.15. The fourth-order valence-corrected chi connectivity index (χ4v) is 1.76. The predicted molar refractivity (Wildman–Crippen MR) is 70.2 cm³/mol. The molecule has 1 amide bonds.